The van der Waals surface area contributed by atoms with Gasteiger partial charge in [-0.1, -0.05) is 11.6 Å². The van der Waals surface area contributed by atoms with Crippen LogP contribution in [0, 0.1) is 0 Å². The Morgan fingerprint density at radius 2 is 2.33 bits per heavy atom. The normalized spacial score (nSPS) is 16.7. The molecule has 128 valence electrons. The summed E-state index contributed by atoms with van der Waals surface area (Å²) in [6.07, 6.45) is 1.07. The average molecular weight is 382 g/mol. The molecule has 0 radical (unpaired) electrons. The lowest BCUT2D eigenvalue weighted by atomic mass is 10.0. The second kappa shape index (κ2) is 7.87. The third-order valence-corrected chi connectivity index (χ3v) is 6.28. The number of nitrogens with one attached hydrogen (secondary N) is 1. The molecule has 0 saturated heterocycles. The molecule has 3 rings (SSSR count). The number of hydrogen-bond donors (Lipinski definition) is 1. The van der Waals surface area contributed by atoms with E-state index in [-0.39, 0.29) is 5.91 Å². The topological polar surface area (TPSA) is 45.2 Å². The highest BCUT2D eigenvalue weighted by Gasteiger charge is 2.21. The summed E-state index contributed by atoms with van der Waals surface area (Å²) in [5, 5.41) is 7.15. The number of nitrogens with zero attached hydrogens (tertiary/aromatic N) is 2. The zero-order chi connectivity index (χ0) is 17.1. The van der Waals surface area contributed by atoms with Crippen LogP contribution < -0.4 is 10.2 Å². The summed E-state index contributed by atoms with van der Waals surface area (Å²) < 4.78 is 0. The number of rotatable bonds is 5. The molecule has 1 amide bonds. The molecule has 1 unspecified atom stereocenters. The van der Waals surface area contributed by atoms with Gasteiger partial charge in [0, 0.05) is 41.4 Å². The van der Waals surface area contributed by atoms with Crippen LogP contribution >= 0.6 is 34.7 Å². The van der Waals surface area contributed by atoms with Crippen molar-refractivity contribution in [3.8, 4) is 0 Å². The van der Waals surface area contributed by atoms with Crippen molar-refractivity contribution in [3.63, 3.8) is 0 Å². The summed E-state index contributed by atoms with van der Waals surface area (Å²) in [5.74, 6) is 1.13. The molecule has 7 heteroatoms. The van der Waals surface area contributed by atoms with Gasteiger partial charge in [0.1, 0.15) is 0 Å². The van der Waals surface area contributed by atoms with Crippen molar-refractivity contribution in [2.75, 3.05) is 17.2 Å². The smallest absolute Gasteiger partial charge is 0.225 e. The van der Waals surface area contributed by atoms with E-state index in [0.717, 1.165) is 28.0 Å². The third kappa shape index (κ3) is 3.94. The molecule has 24 heavy (non-hydrogen) atoms. The number of thioether (sulfide) groups is 1. The monoisotopic (exact) mass is 381 g/mol. The first-order valence-corrected chi connectivity index (χ1v) is 10.2. The summed E-state index contributed by atoms with van der Waals surface area (Å²) in [5.41, 5.74) is 2.24. The van der Waals surface area contributed by atoms with E-state index in [1.807, 2.05) is 30.1 Å². The molecule has 1 aromatic carbocycles. The Kier molecular flexibility index (Phi) is 5.81. The molecule has 0 fully saturated rings. The first-order valence-electron chi connectivity index (χ1n) is 7.96. The van der Waals surface area contributed by atoms with Gasteiger partial charge < -0.3 is 5.32 Å². The lowest BCUT2D eigenvalue weighted by molar-refractivity contribution is -0.116. The molecule has 0 aliphatic carbocycles. The molecule has 1 aromatic heterocycles. The van der Waals surface area contributed by atoms with E-state index >= 15 is 0 Å². The molecular weight excluding hydrogens is 362 g/mol. The van der Waals surface area contributed by atoms with Crippen molar-refractivity contribution in [1.82, 2.24) is 10.3 Å². The van der Waals surface area contributed by atoms with E-state index in [1.54, 1.807) is 11.8 Å². The van der Waals surface area contributed by atoms with Crippen LogP contribution in [0.5, 0.6) is 0 Å². The van der Waals surface area contributed by atoms with Crippen molar-refractivity contribution in [1.29, 1.82) is 0 Å². The minimum atomic E-state index is 0.0271. The summed E-state index contributed by atoms with van der Waals surface area (Å²) >= 11 is 9.55. The minimum Gasteiger partial charge on any atom is -0.304 e. The molecule has 1 aliphatic heterocycles. The van der Waals surface area contributed by atoms with Gasteiger partial charge in [0.05, 0.1) is 5.69 Å². The number of amides is 1. The number of benzene rings is 1. The Bertz CT molecular complexity index is 734. The maximum atomic E-state index is 11.6. The molecule has 0 saturated carbocycles. The van der Waals surface area contributed by atoms with Crippen molar-refractivity contribution >= 4 is 45.7 Å². The molecule has 2 aromatic rings. The van der Waals surface area contributed by atoms with Gasteiger partial charge in [-0.05, 0) is 42.9 Å². The predicted molar refractivity (Wildman–Crippen MR) is 102 cm³/mol. The second-order valence-corrected chi connectivity index (χ2v) is 8.05. The number of halogens is 1. The largest absolute Gasteiger partial charge is 0.304 e. The second-order valence-electron chi connectivity index (χ2n) is 5.64. The number of fused-ring (bicyclic) bond motifs is 1. The quantitative estimate of drug-likeness (QED) is 0.828. The number of thiazole rings is 1. The van der Waals surface area contributed by atoms with Crippen molar-refractivity contribution in [2.45, 2.75) is 37.8 Å². The highest BCUT2D eigenvalue weighted by molar-refractivity contribution is 7.99. The van der Waals surface area contributed by atoms with Crippen LogP contribution in [0.25, 0.3) is 0 Å². The lowest BCUT2D eigenvalue weighted by Gasteiger charge is -2.26. The number of carbonyl (C=O) groups is 1. The maximum Gasteiger partial charge on any atom is 0.225 e. The Morgan fingerprint density at radius 3 is 3.08 bits per heavy atom. The Morgan fingerprint density at radius 1 is 1.50 bits per heavy atom. The fraction of sp³-hybridized carbons (Fsp3) is 0.412. The van der Waals surface area contributed by atoms with Crippen LogP contribution in [0.4, 0.5) is 5.13 Å². The van der Waals surface area contributed by atoms with E-state index < -0.39 is 0 Å². The fourth-order valence-electron chi connectivity index (χ4n) is 2.80. The number of anilines is 1. The number of carbonyl (C=O) groups excluding carboxylic acids is 1. The van der Waals surface area contributed by atoms with Gasteiger partial charge in [-0.2, -0.15) is 0 Å². The van der Waals surface area contributed by atoms with Crippen LogP contribution in [-0.2, 0) is 11.3 Å². The maximum absolute atomic E-state index is 11.6. The first kappa shape index (κ1) is 17.7. The van der Waals surface area contributed by atoms with Crippen LogP contribution in [0.1, 0.15) is 37.6 Å². The van der Waals surface area contributed by atoms with Crippen molar-refractivity contribution in [2.24, 2.45) is 0 Å². The van der Waals surface area contributed by atoms with E-state index in [0.29, 0.717) is 19.1 Å². The van der Waals surface area contributed by atoms with Gasteiger partial charge in [0.2, 0.25) is 5.91 Å². The van der Waals surface area contributed by atoms with Crippen LogP contribution in [0.15, 0.2) is 28.5 Å². The SMILES string of the molecule is CCN(C(C)=O)c1nc(CNC2CCSc3ccc(Cl)cc32)cs1. The molecule has 2 heterocycles. The fourth-order valence-corrected chi connectivity index (χ4v) is 5.02. The van der Waals surface area contributed by atoms with Gasteiger partial charge in [-0.3, -0.25) is 9.69 Å². The molecule has 4 nitrogen and oxygen atoms in total. The molecule has 1 aliphatic rings. The Labute approximate surface area is 155 Å². The minimum absolute atomic E-state index is 0.0271. The lowest BCUT2D eigenvalue weighted by Crippen LogP contribution is -2.28. The molecular formula is C17H20ClN3OS2. The Hall–Kier alpha value is -1.08. The van der Waals surface area contributed by atoms with Gasteiger partial charge in [-0.15, -0.1) is 23.1 Å². The van der Waals surface area contributed by atoms with E-state index in [2.05, 4.69) is 22.4 Å². The number of hydrogen-bond acceptors (Lipinski definition) is 5. The molecule has 1 N–H and O–H groups in total. The molecule has 0 spiro atoms. The highest BCUT2D eigenvalue weighted by Crippen LogP contribution is 2.37. The highest BCUT2D eigenvalue weighted by atomic mass is 35.5. The van der Waals surface area contributed by atoms with Crippen LogP contribution in [0.2, 0.25) is 5.02 Å². The predicted octanol–water partition coefficient (Wildman–Crippen LogP) is 4.50. The van der Waals surface area contributed by atoms with E-state index in [4.69, 9.17) is 11.6 Å². The summed E-state index contributed by atoms with van der Waals surface area (Å²) in [6, 6.07) is 6.40. The number of aromatic nitrogens is 1. The third-order valence-electron chi connectivity index (χ3n) is 4.01. The molecule has 1 atom stereocenters. The molecule has 0 bridgehead atoms. The van der Waals surface area contributed by atoms with Gasteiger partial charge in [0.25, 0.3) is 0 Å². The van der Waals surface area contributed by atoms with Crippen LogP contribution in [-0.4, -0.2) is 23.2 Å². The summed E-state index contributed by atoms with van der Waals surface area (Å²) in [6.45, 7) is 4.86. The van der Waals surface area contributed by atoms with Crippen molar-refractivity contribution in [3.05, 3.63) is 39.9 Å². The zero-order valence-corrected chi connectivity index (χ0v) is 16.1. The zero-order valence-electron chi connectivity index (χ0n) is 13.7. The van der Waals surface area contributed by atoms with Crippen LogP contribution in [0.3, 0.4) is 0 Å². The summed E-state index contributed by atoms with van der Waals surface area (Å²) in [4.78, 5) is 19.2. The van der Waals surface area contributed by atoms with Gasteiger partial charge in [0.15, 0.2) is 5.13 Å². The van der Waals surface area contributed by atoms with E-state index in [9.17, 15) is 4.79 Å². The van der Waals surface area contributed by atoms with Crippen molar-refractivity contribution < 1.29 is 4.79 Å². The van der Waals surface area contributed by atoms with Gasteiger partial charge in [-0.25, -0.2) is 4.98 Å². The standard InChI is InChI=1S/C17H20ClN3OS2/c1-3-21(11(2)22)17-20-13(10-24-17)9-19-15-6-7-23-16-5-4-12(18)8-14(15)16/h4-5,8,10,15,19H,3,6-7,9H2,1-2H3. The Balaban J connectivity index is 1.68. The first-order chi connectivity index (χ1) is 11.6. The average Bonchev–Trinajstić information content (AvgIpc) is 3.01. The van der Waals surface area contributed by atoms with E-state index in [1.165, 1.54) is 21.8 Å². The summed E-state index contributed by atoms with van der Waals surface area (Å²) in [7, 11) is 0. The van der Waals surface area contributed by atoms with Gasteiger partial charge >= 0.3 is 0 Å².